The maximum absolute atomic E-state index is 13.3. The van der Waals surface area contributed by atoms with E-state index < -0.39 is 0 Å². The first-order valence-electron chi connectivity index (χ1n) is 7.98. The first kappa shape index (κ1) is 16.5. The normalized spacial score (nSPS) is 13.9. The smallest absolute Gasteiger partial charge is 0.246 e. The van der Waals surface area contributed by atoms with Gasteiger partial charge in [-0.1, -0.05) is 23.5 Å². The van der Waals surface area contributed by atoms with Gasteiger partial charge in [0.25, 0.3) is 0 Å². The minimum atomic E-state index is -0.380. The summed E-state index contributed by atoms with van der Waals surface area (Å²) in [6, 6.07) is 11.4. The van der Waals surface area contributed by atoms with Crippen LogP contribution >= 0.6 is 11.3 Å². The minimum Gasteiger partial charge on any atom is -0.491 e. The lowest BCUT2D eigenvalue weighted by Gasteiger charge is -2.20. The average molecular weight is 371 g/mol. The molecule has 0 saturated heterocycles. The summed E-state index contributed by atoms with van der Waals surface area (Å²) in [6.07, 6.45) is 0.197. The summed E-state index contributed by atoms with van der Waals surface area (Å²) in [4.78, 5) is 30.5. The number of amides is 2. The molecule has 6 nitrogen and oxygen atoms in total. The monoisotopic (exact) mass is 371 g/mol. The fourth-order valence-electron chi connectivity index (χ4n) is 2.75. The van der Waals surface area contributed by atoms with E-state index in [0.29, 0.717) is 26.8 Å². The lowest BCUT2D eigenvalue weighted by atomic mass is 10.2. The SMILES string of the molecule is O=C(CN1C(=O)CCOc2ccccc21)Nc1nc2ccc(F)cc2s1. The van der Waals surface area contributed by atoms with Crippen LogP contribution < -0.4 is 15.0 Å². The molecule has 1 aliphatic rings. The Balaban J connectivity index is 1.54. The Morgan fingerprint density at radius 2 is 2.15 bits per heavy atom. The zero-order chi connectivity index (χ0) is 18.1. The summed E-state index contributed by atoms with van der Waals surface area (Å²) < 4.78 is 19.5. The van der Waals surface area contributed by atoms with Gasteiger partial charge in [-0.05, 0) is 30.3 Å². The lowest BCUT2D eigenvalue weighted by Crippen LogP contribution is -2.37. The van der Waals surface area contributed by atoms with Gasteiger partial charge in [-0.3, -0.25) is 14.5 Å². The predicted molar refractivity (Wildman–Crippen MR) is 97.1 cm³/mol. The number of anilines is 2. The molecule has 2 heterocycles. The van der Waals surface area contributed by atoms with Crippen LogP contribution in [0.5, 0.6) is 5.75 Å². The number of para-hydroxylation sites is 2. The molecule has 2 aromatic carbocycles. The van der Waals surface area contributed by atoms with E-state index in [2.05, 4.69) is 10.3 Å². The maximum atomic E-state index is 13.3. The van der Waals surface area contributed by atoms with Gasteiger partial charge in [0.2, 0.25) is 11.8 Å². The van der Waals surface area contributed by atoms with Gasteiger partial charge < -0.3 is 10.1 Å². The van der Waals surface area contributed by atoms with Crippen molar-refractivity contribution in [3.05, 3.63) is 48.3 Å². The van der Waals surface area contributed by atoms with Crippen molar-refractivity contribution in [1.29, 1.82) is 0 Å². The van der Waals surface area contributed by atoms with E-state index in [-0.39, 0.29) is 37.2 Å². The van der Waals surface area contributed by atoms with Gasteiger partial charge in [0.15, 0.2) is 5.13 Å². The Labute approximate surface area is 152 Å². The molecule has 4 rings (SSSR count). The number of rotatable bonds is 3. The summed E-state index contributed by atoms with van der Waals surface area (Å²) in [5, 5.41) is 3.04. The van der Waals surface area contributed by atoms with Crippen LogP contribution in [-0.4, -0.2) is 29.9 Å². The number of benzene rings is 2. The second-order valence-corrected chi connectivity index (χ2v) is 6.76. The Morgan fingerprint density at radius 1 is 1.31 bits per heavy atom. The average Bonchev–Trinajstić information content (AvgIpc) is 2.93. The topological polar surface area (TPSA) is 71.5 Å². The van der Waals surface area contributed by atoms with Crippen LogP contribution in [0.1, 0.15) is 6.42 Å². The third kappa shape index (κ3) is 3.23. The second-order valence-electron chi connectivity index (χ2n) is 5.73. The van der Waals surface area contributed by atoms with E-state index in [4.69, 9.17) is 4.74 Å². The van der Waals surface area contributed by atoms with E-state index in [1.807, 2.05) is 6.07 Å². The molecule has 0 aliphatic carbocycles. The maximum Gasteiger partial charge on any atom is 0.246 e. The van der Waals surface area contributed by atoms with Crippen LogP contribution in [0.2, 0.25) is 0 Å². The van der Waals surface area contributed by atoms with Crippen molar-refractivity contribution in [1.82, 2.24) is 4.98 Å². The summed E-state index contributed by atoms with van der Waals surface area (Å²) in [5.41, 5.74) is 1.17. The predicted octanol–water partition coefficient (Wildman–Crippen LogP) is 3.19. The van der Waals surface area contributed by atoms with Crippen LogP contribution in [0.4, 0.5) is 15.2 Å². The number of thiazole rings is 1. The van der Waals surface area contributed by atoms with Crippen molar-refractivity contribution in [2.45, 2.75) is 6.42 Å². The van der Waals surface area contributed by atoms with E-state index in [1.54, 1.807) is 24.3 Å². The van der Waals surface area contributed by atoms with Crippen molar-refractivity contribution in [3.63, 3.8) is 0 Å². The highest BCUT2D eigenvalue weighted by molar-refractivity contribution is 7.22. The first-order chi connectivity index (χ1) is 12.6. The molecule has 0 bridgehead atoms. The minimum absolute atomic E-state index is 0.149. The van der Waals surface area contributed by atoms with Crippen molar-refractivity contribution < 1.29 is 18.7 Å². The number of carbonyl (C=O) groups is 2. The molecule has 8 heteroatoms. The van der Waals surface area contributed by atoms with Gasteiger partial charge in [0.1, 0.15) is 18.1 Å². The number of fused-ring (bicyclic) bond motifs is 2. The molecule has 0 spiro atoms. The number of nitrogens with zero attached hydrogens (tertiary/aromatic N) is 2. The van der Waals surface area contributed by atoms with Crippen LogP contribution in [0.3, 0.4) is 0 Å². The Hall–Kier alpha value is -3.00. The van der Waals surface area contributed by atoms with Crippen LogP contribution in [0, 0.1) is 5.82 Å². The van der Waals surface area contributed by atoms with E-state index >= 15 is 0 Å². The zero-order valence-corrected chi connectivity index (χ0v) is 14.4. The number of aromatic nitrogens is 1. The molecule has 1 N–H and O–H groups in total. The number of hydrogen-bond donors (Lipinski definition) is 1. The molecule has 3 aromatic rings. The van der Waals surface area contributed by atoms with Crippen LogP contribution in [-0.2, 0) is 9.59 Å². The largest absolute Gasteiger partial charge is 0.491 e. The van der Waals surface area contributed by atoms with Crippen LogP contribution in [0.25, 0.3) is 10.2 Å². The van der Waals surface area contributed by atoms with Crippen molar-refractivity contribution in [3.8, 4) is 5.75 Å². The Kier molecular flexibility index (Phi) is 4.26. The molecule has 132 valence electrons. The molecule has 26 heavy (non-hydrogen) atoms. The fraction of sp³-hybridized carbons (Fsp3) is 0.167. The van der Waals surface area contributed by atoms with E-state index in [0.717, 1.165) is 0 Å². The summed E-state index contributed by atoms with van der Waals surface area (Å²) in [7, 11) is 0. The highest BCUT2D eigenvalue weighted by atomic mass is 32.1. The molecule has 1 aromatic heterocycles. The zero-order valence-electron chi connectivity index (χ0n) is 13.6. The van der Waals surface area contributed by atoms with Crippen molar-refractivity contribution >= 4 is 44.2 Å². The quantitative estimate of drug-likeness (QED) is 0.768. The van der Waals surface area contributed by atoms with Gasteiger partial charge >= 0.3 is 0 Å². The first-order valence-corrected chi connectivity index (χ1v) is 8.80. The van der Waals surface area contributed by atoms with Gasteiger partial charge in [0.05, 0.1) is 28.9 Å². The molecule has 0 unspecified atom stereocenters. The van der Waals surface area contributed by atoms with Crippen molar-refractivity contribution in [2.75, 3.05) is 23.4 Å². The number of halogens is 1. The molecule has 1 aliphatic heterocycles. The fourth-order valence-corrected chi connectivity index (χ4v) is 3.65. The summed E-state index contributed by atoms with van der Waals surface area (Å²) in [5.74, 6) is -0.349. The standard InChI is InChI=1S/C18H14FN3O3S/c19-11-5-6-12-15(9-11)26-18(20-12)21-16(23)10-22-13-3-1-2-4-14(13)25-8-7-17(22)24/h1-6,9H,7-8,10H2,(H,20,21,23). The van der Waals surface area contributed by atoms with Crippen LogP contribution in [0.15, 0.2) is 42.5 Å². The third-order valence-corrected chi connectivity index (χ3v) is 4.86. The van der Waals surface area contributed by atoms with Gasteiger partial charge in [-0.15, -0.1) is 0 Å². The molecule has 2 amide bonds. The highest BCUT2D eigenvalue weighted by Crippen LogP contribution is 2.31. The van der Waals surface area contributed by atoms with Gasteiger partial charge in [0, 0.05) is 0 Å². The summed E-state index contributed by atoms with van der Waals surface area (Å²) in [6.45, 7) is 0.126. The molecular weight excluding hydrogens is 357 g/mol. The molecular formula is C18H14FN3O3S. The highest BCUT2D eigenvalue weighted by Gasteiger charge is 2.25. The summed E-state index contributed by atoms with van der Waals surface area (Å²) >= 11 is 1.18. The van der Waals surface area contributed by atoms with Crippen molar-refractivity contribution in [2.24, 2.45) is 0 Å². The Bertz CT molecular complexity index is 1000. The van der Waals surface area contributed by atoms with E-state index in [9.17, 15) is 14.0 Å². The number of nitrogens with one attached hydrogen (secondary N) is 1. The molecule has 0 radical (unpaired) electrons. The Morgan fingerprint density at radius 3 is 3.04 bits per heavy atom. The second kappa shape index (κ2) is 6.72. The molecule has 0 atom stereocenters. The molecule has 0 saturated carbocycles. The third-order valence-electron chi connectivity index (χ3n) is 3.93. The number of hydrogen-bond acceptors (Lipinski definition) is 5. The molecule has 0 fully saturated rings. The number of carbonyl (C=O) groups excluding carboxylic acids is 2. The lowest BCUT2D eigenvalue weighted by molar-refractivity contribution is -0.121. The van der Waals surface area contributed by atoms with Gasteiger partial charge in [-0.25, -0.2) is 9.37 Å². The number of ether oxygens (including phenoxy) is 1. The van der Waals surface area contributed by atoms with Gasteiger partial charge in [-0.2, -0.15) is 0 Å². The van der Waals surface area contributed by atoms with E-state index in [1.165, 1.54) is 28.4 Å².